The number of carbonyl (C=O) groups excluding carboxylic acids is 1. The molecule has 4 rings (SSSR count). The van der Waals surface area contributed by atoms with Gasteiger partial charge in [0.25, 0.3) is 0 Å². The van der Waals surface area contributed by atoms with Gasteiger partial charge in [-0.15, -0.1) is 0 Å². The summed E-state index contributed by atoms with van der Waals surface area (Å²) in [4.78, 5) is 15.7. The summed E-state index contributed by atoms with van der Waals surface area (Å²) < 4.78 is 11.1. The lowest BCUT2D eigenvalue weighted by atomic mass is 9.83. The third kappa shape index (κ3) is 8.62. The van der Waals surface area contributed by atoms with Crippen LogP contribution >= 0.6 is 0 Å². The number of hydrogen-bond acceptors (Lipinski definition) is 5. The summed E-state index contributed by atoms with van der Waals surface area (Å²) in [6, 6.07) is 13.7. The van der Waals surface area contributed by atoms with Gasteiger partial charge in [-0.3, -0.25) is 4.79 Å². The molecule has 0 aliphatic heterocycles. The van der Waals surface area contributed by atoms with Crippen LogP contribution in [-0.4, -0.2) is 47.3 Å². The minimum Gasteiger partial charge on any atom is -0.508 e. The molecule has 6 heteroatoms. The zero-order chi connectivity index (χ0) is 27.5. The number of methoxy groups -OCH3 is 1. The molecule has 0 heterocycles. The van der Waals surface area contributed by atoms with Crippen molar-refractivity contribution in [1.82, 2.24) is 4.90 Å². The molecule has 0 saturated heterocycles. The van der Waals surface area contributed by atoms with Gasteiger partial charge < -0.3 is 24.6 Å². The number of carbonyl (C=O) groups is 1. The monoisotopic (exact) mass is 533 g/mol. The molecule has 2 aromatic carbocycles. The first-order valence-electron chi connectivity index (χ1n) is 14.4. The number of phenolic OH excluding ortho intramolecular Hbond substituents is 1. The number of ether oxygens (including phenoxy) is 2. The van der Waals surface area contributed by atoms with E-state index in [1.165, 1.54) is 37.7 Å². The molecule has 1 fully saturated rings. The lowest BCUT2D eigenvalue weighted by molar-refractivity contribution is -0.136. The first-order chi connectivity index (χ1) is 19.0. The molecular weight excluding hydrogens is 490 g/mol. The average Bonchev–Trinajstić information content (AvgIpc) is 2.98. The molecule has 6 nitrogen and oxygen atoms in total. The zero-order valence-corrected chi connectivity index (χ0v) is 23.1. The minimum atomic E-state index is -0.847. The van der Waals surface area contributed by atoms with Gasteiger partial charge in [-0.05, 0) is 73.6 Å². The van der Waals surface area contributed by atoms with Crippen molar-refractivity contribution in [2.75, 3.05) is 20.3 Å². The maximum atomic E-state index is 13.8. The number of phenols is 1. The molecule has 2 aromatic rings. The Morgan fingerprint density at radius 3 is 2.41 bits per heavy atom. The second-order valence-electron chi connectivity index (χ2n) is 10.8. The Hall–Kier alpha value is -3.25. The lowest BCUT2D eigenvalue weighted by Gasteiger charge is -2.37. The van der Waals surface area contributed by atoms with E-state index in [1.54, 1.807) is 31.4 Å². The summed E-state index contributed by atoms with van der Waals surface area (Å²) in [5.41, 5.74) is 1.91. The van der Waals surface area contributed by atoms with Crippen molar-refractivity contribution >= 4 is 5.91 Å². The highest BCUT2D eigenvalue weighted by molar-refractivity contribution is 5.77. The highest BCUT2D eigenvalue weighted by atomic mass is 16.5. The van der Waals surface area contributed by atoms with Crippen LogP contribution in [0.2, 0.25) is 0 Å². The van der Waals surface area contributed by atoms with E-state index in [1.807, 2.05) is 29.2 Å². The second kappa shape index (κ2) is 14.8. The highest BCUT2D eigenvalue weighted by Crippen LogP contribution is 2.33. The Morgan fingerprint density at radius 2 is 1.74 bits per heavy atom. The number of aliphatic hydroxyl groups excluding tert-OH is 1. The van der Waals surface area contributed by atoms with Crippen LogP contribution in [0.1, 0.15) is 75.9 Å². The lowest BCUT2D eigenvalue weighted by Crippen LogP contribution is -2.45. The Bertz CT molecular complexity index is 1090. The topological polar surface area (TPSA) is 79.2 Å². The quantitative estimate of drug-likeness (QED) is 0.298. The number of aliphatic hydroxyl groups is 1. The molecular formula is C33H43NO5. The summed E-state index contributed by atoms with van der Waals surface area (Å²) in [6.07, 6.45) is 15.5. The molecule has 0 spiro atoms. The first kappa shape index (κ1) is 28.8. The molecule has 0 aromatic heterocycles. The fourth-order valence-electron chi connectivity index (χ4n) is 5.73. The number of aromatic hydroxyl groups is 1. The molecule has 0 unspecified atom stereocenters. The molecule has 1 amide bonds. The Balaban J connectivity index is 1.52. The van der Waals surface area contributed by atoms with Gasteiger partial charge in [0.05, 0.1) is 32.3 Å². The van der Waals surface area contributed by atoms with Crippen LogP contribution in [0, 0.1) is 5.92 Å². The Morgan fingerprint density at radius 1 is 1.03 bits per heavy atom. The standard InChI is InChI=1S/C33H43NO5/c1-38-29-17-19-30(20-18-29)39-23-22-32(36)34(24-26-10-6-3-7-11-26)31(21-12-25-8-4-2-5-9-25)33(37)27-13-15-28(35)16-14-27/h3,6,10,13-20,25,31,33,35,37H,2,4-5,7-9,11-12,21-24H2,1H3/t31-,33-/m1/s1. The molecule has 0 bridgehead atoms. The minimum absolute atomic E-state index is 0.0227. The summed E-state index contributed by atoms with van der Waals surface area (Å²) in [7, 11) is 1.62. The van der Waals surface area contributed by atoms with Crippen LogP contribution in [0.3, 0.4) is 0 Å². The largest absolute Gasteiger partial charge is 0.508 e. The number of nitrogens with zero attached hydrogens (tertiary/aromatic N) is 1. The highest BCUT2D eigenvalue weighted by Gasteiger charge is 2.32. The van der Waals surface area contributed by atoms with E-state index in [0.29, 0.717) is 23.8 Å². The van der Waals surface area contributed by atoms with Gasteiger partial charge in [0.1, 0.15) is 17.2 Å². The summed E-state index contributed by atoms with van der Waals surface area (Å²) in [5.74, 6) is 2.22. The molecule has 2 aliphatic rings. The summed E-state index contributed by atoms with van der Waals surface area (Å²) in [5, 5.41) is 21.5. The van der Waals surface area contributed by atoms with E-state index < -0.39 is 6.10 Å². The van der Waals surface area contributed by atoms with E-state index in [9.17, 15) is 15.0 Å². The number of benzene rings is 2. The van der Waals surface area contributed by atoms with Gasteiger partial charge in [0.2, 0.25) is 5.91 Å². The maximum Gasteiger partial charge on any atom is 0.226 e. The van der Waals surface area contributed by atoms with E-state index >= 15 is 0 Å². The van der Waals surface area contributed by atoms with Gasteiger partial charge in [0, 0.05) is 6.54 Å². The smallest absolute Gasteiger partial charge is 0.226 e. The number of hydrogen-bond donors (Lipinski definition) is 2. The zero-order valence-electron chi connectivity index (χ0n) is 23.1. The fourth-order valence-corrected chi connectivity index (χ4v) is 5.73. The SMILES string of the molecule is COc1ccc(OCCC(=O)N(CC2=CC=CCC2)[C@H](CCC2CCCCC2)[C@H](O)c2ccc(O)cc2)cc1. The van der Waals surface area contributed by atoms with Crippen LogP contribution < -0.4 is 9.47 Å². The van der Waals surface area contributed by atoms with Crippen LogP contribution in [0.5, 0.6) is 17.2 Å². The van der Waals surface area contributed by atoms with Crippen molar-refractivity contribution in [3.63, 3.8) is 0 Å². The number of rotatable bonds is 13. The fraction of sp³-hybridized carbons (Fsp3) is 0.485. The van der Waals surface area contributed by atoms with Gasteiger partial charge in [-0.25, -0.2) is 0 Å². The van der Waals surface area contributed by atoms with Gasteiger partial charge >= 0.3 is 0 Å². The van der Waals surface area contributed by atoms with Crippen molar-refractivity contribution in [3.05, 3.63) is 77.9 Å². The Kier molecular flexibility index (Phi) is 10.9. The van der Waals surface area contributed by atoms with E-state index in [0.717, 1.165) is 31.4 Å². The van der Waals surface area contributed by atoms with Gasteiger partial charge in [-0.1, -0.05) is 68.0 Å². The molecule has 2 aliphatic carbocycles. The van der Waals surface area contributed by atoms with Crippen LogP contribution in [0.25, 0.3) is 0 Å². The second-order valence-corrected chi connectivity index (χ2v) is 10.8. The molecule has 39 heavy (non-hydrogen) atoms. The maximum absolute atomic E-state index is 13.8. The van der Waals surface area contributed by atoms with Crippen LogP contribution in [0.4, 0.5) is 0 Å². The molecule has 2 N–H and O–H groups in total. The van der Waals surface area contributed by atoms with Gasteiger partial charge in [0.15, 0.2) is 0 Å². The number of allylic oxidation sites excluding steroid dienone is 3. The predicted molar refractivity (Wildman–Crippen MR) is 154 cm³/mol. The van der Waals surface area contributed by atoms with Crippen molar-refractivity contribution in [2.45, 2.75) is 76.4 Å². The summed E-state index contributed by atoms with van der Waals surface area (Å²) in [6.45, 7) is 0.751. The molecule has 1 saturated carbocycles. The molecule has 2 atom stereocenters. The Labute approximate surface area is 232 Å². The third-order valence-corrected chi connectivity index (χ3v) is 8.03. The third-order valence-electron chi connectivity index (χ3n) is 8.03. The molecule has 210 valence electrons. The van der Waals surface area contributed by atoms with E-state index in [2.05, 4.69) is 18.2 Å². The summed E-state index contributed by atoms with van der Waals surface area (Å²) >= 11 is 0. The normalized spacial score (nSPS) is 17.2. The average molecular weight is 534 g/mol. The predicted octanol–water partition coefficient (Wildman–Crippen LogP) is 6.74. The number of amides is 1. The van der Waals surface area contributed by atoms with E-state index in [-0.39, 0.29) is 30.7 Å². The van der Waals surface area contributed by atoms with Crippen molar-refractivity contribution in [2.24, 2.45) is 5.92 Å². The van der Waals surface area contributed by atoms with Crippen LogP contribution in [-0.2, 0) is 4.79 Å². The van der Waals surface area contributed by atoms with Crippen molar-refractivity contribution < 1.29 is 24.5 Å². The van der Waals surface area contributed by atoms with Gasteiger partial charge in [-0.2, -0.15) is 0 Å². The molecule has 0 radical (unpaired) electrons. The van der Waals surface area contributed by atoms with Crippen molar-refractivity contribution in [3.8, 4) is 17.2 Å². The van der Waals surface area contributed by atoms with Crippen LogP contribution in [0.15, 0.2) is 72.3 Å². The van der Waals surface area contributed by atoms with E-state index in [4.69, 9.17) is 9.47 Å². The van der Waals surface area contributed by atoms with Crippen molar-refractivity contribution in [1.29, 1.82) is 0 Å². The first-order valence-corrected chi connectivity index (χ1v) is 14.4.